The first-order valence-electron chi connectivity index (χ1n) is 6.56. The summed E-state index contributed by atoms with van der Waals surface area (Å²) in [5.41, 5.74) is 0.924. The number of rotatable bonds is 2. The Kier molecular flexibility index (Phi) is 3.04. The Labute approximate surface area is 107 Å². The molecule has 0 spiro atoms. The first-order valence-corrected chi connectivity index (χ1v) is 6.56. The maximum atomic E-state index is 10.0. The van der Waals surface area contributed by atoms with Crippen molar-refractivity contribution in [1.82, 2.24) is 4.90 Å². The molecule has 0 radical (unpaired) electrons. The van der Waals surface area contributed by atoms with Crippen LogP contribution in [0.1, 0.15) is 25.3 Å². The summed E-state index contributed by atoms with van der Waals surface area (Å²) >= 11 is 0. The van der Waals surface area contributed by atoms with Gasteiger partial charge in [0.15, 0.2) is 11.5 Å². The summed E-state index contributed by atoms with van der Waals surface area (Å²) < 4.78 is 10.6. The molecule has 0 bridgehead atoms. The summed E-state index contributed by atoms with van der Waals surface area (Å²) in [6, 6.07) is 3.56. The fraction of sp³-hybridized carbons (Fsp3) is 0.571. The number of phenols is 1. The number of hydrogen-bond acceptors (Lipinski definition) is 4. The maximum Gasteiger partial charge on any atom is 0.231 e. The Morgan fingerprint density at radius 1 is 1.33 bits per heavy atom. The molecular weight excluding hydrogens is 230 g/mol. The molecule has 4 nitrogen and oxygen atoms in total. The van der Waals surface area contributed by atoms with E-state index in [0.717, 1.165) is 36.9 Å². The maximum absolute atomic E-state index is 10.0. The van der Waals surface area contributed by atoms with Gasteiger partial charge in [0.2, 0.25) is 6.79 Å². The van der Waals surface area contributed by atoms with Crippen molar-refractivity contribution in [2.45, 2.75) is 26.3 Å². The quantitative estimate of drug-likeness (QED) is 0.873. The topological polar surface area (TPSA) is 41.9 Å². The van der Waals surface area contributed by atoms with Crippen molar-refractivity contribution < 1.29 is 14.6 Å². The normalized spacial score (nSPS) is 23.3. The third-order valence-electron chi connectivity index (χ3n) is 3.71. The van der Waals surface area contributed by atoms with Crippen LogP contribution in [0.4, 0.5) is 0 Å². The van der Waals surface area contributed by atoms with Crippen LogP contribution in [0.25, 0.3) is 0 Å². The van der Waals surface area contributed by atoms with Crippen molar-refractivity contribution >= 4 is 0 Å². The molecule has 2 heterocycles. The van der Waals surface area contributed by atoms with E-state index in [1.54, 1.807) is 6.07 Å². The van der Waals surface area contributed by atoms with E-state index in [1.807, 2.05) is 6.07 Å². The smallest absolute Gasteiger partial charge is 0.231 e. The van der Waals surface area contributed by atoms with Gasteiger partial charge in [0.1, 0.15) is 5.75 Å². The predicted molar refractivity (Wildman–Crippen MR) is 67.9 cm³/mol. The van der Waals surface area contributed by atoms with Crippen LogP contribution in [0, 0.1) is 5.92 Å². The lowest BCUT2D eigenvalue weighted by Crippen LogP contribution is -2.33. The number of ether oxygens (including phenoxy) is 2. The van der Waals surface area contributed by atoms with Gasteiger partial charge in [-0.15, -0.1) is 0 Å². The van der Waals surface area contributed by atoms with E-state index < -0.39 is 0 Å². The second-order valence-corrected chi connectivity index (χ2v) is 5.32. The fourth-order valence-electron chi connectivity index (χ4n) is 2.77. The molecule has 1 fully saturated rings. The molecule has 98 valence electrons. The molecular formula is C14H19NO3. The molecule has 2 aliphatic heterocycles. The van der Waals surface area contributed by atoms with Gasteiger partial charge < -0.3 is 14.6 Å². The molecule has 18 heavy (non-hydrogen) atoms. The number of hydrogen-bond donors (Lipinski definition) is 1. The van der Waals surface area contributed by atoms with Gasteiger partial charge in [0, 0.05) is 24.7 Å². The SMILES string of the molecule is C[C@@H]1CCCN(Cc2cc3c(cc2O)OCO3)C1. The number of aromatic hydroxyl groups is 1. The third kappa shape index (κ3) is 2.25. The standard InChI is InChI=1S/C14H19NO3/c1-10-3-2-4-15(7-10)8-11-5-13-14(6-12(11)16)18-9-17-13/h5-6,10,16H,2-4,7-9H2,1H3/t10-/m1/s1. The Morgan fingerprint density at radius 2 is 2.11 bits per heavy atom. The highest BCUT2D eigenvalue weighted by Crippen LogP contribution is 2.38. The van der Waals surface area contributed by atoms with Gasteiger partial charge in [0.05, 0.1) is 0 Å². The highest BCUT2D eigenvalue weighted by molar-refractivity contribution is 5.51. The van der Waals surface area contributed by atoms with Crippen molar-refractivity contribution in [1.29, 1.82) is 0 Å². The van der Waals surface area contributed by atoms with Crippen LogP contribution >= 0.6 is 0 Å². The van der Waals surface area contributed by atoms with Crippen LogP contribution in [0.15, 0.2) is 12.1 Å². The van der Waals surface area contributed by atoms with E-state index in [0.29, 0.717) is 11.5 Å². The van der Waals surface area contributed by atoms with Gasteiger partial charge in [0.25, 0.3) is 0 Å². The largest absolute Gasteiger partial charge is 0.507 e. The van der Waals surface area contributed by atoms with Gasteiger partial charge in [-0.1, -0.05) is 6.92 Å². The summed E-state index contributed by atoms with van der Waals surface area (Å²) in [5, 5.41) is 10.0. The minimum atomic E-state index is 0.249. The zero-order valence-corrected chi connectivity index (χ0v) is 10.7. The lowest BCUT2D eigenvalue weighted by atomic mass is 9.99. The zero-order chi connectivity index (χ0) is 12.5. The molecule has 2 aliphatic rings. The van der Waals surface area contributed by atoms with Gasteiger partial charge in [-0.05, 0) is 31.4 Å². The number of nitrogens with zero attached hydrogens (tertiary/aromatic N) is 1. The second kappa shape index (κ2) is 4.69. The van der Waals surface area contributed by atoms with E-state index in [4.69, 9.17) is 9.47 Å². The summed E-state index contributed by atoms with van der Waals surface area (Å²) in [6.07, 6.45) is 2.55. The van der Waals surface area contributed by atoms with Crippen molar-refractivity contribution in [3.8, 4) is 17.2 Å². The molecule has 1 aromatic carbocycles. The number of phenolic OH excluding ortho intramolecular Hbond substituents is 1. The number of piperidine rings is 1. The lowest BCUT2D eigenvalue weighted by molar-refractivity contribution is 0.172. The van der Waals surface area contributed by atoms with E-state index in [2.05, 4.69) is 11.8 Å². The van der Waals surface area contributed by atoms with Crippen LogP contribution in [-0.2, 0) is 6.54 Å². The first-order chi connectivity index (χ1) is 8.72. The fourth-order valence-corrected chi connectivity index (χ4v) is 2.77. The monoisotopic (exact) mass is 249 g/mol. The van der Waals surface area contributed by atoms with Gasteiger partial charge in [-0.3, -0.25) is 4.90 Å². The van der Waals surface area contributed by atoms with Crippen LogP contribution < -0.4 is 9.47 Å². The van der Waals surface area contributed by atoms with Gasteiger partial charge >= 0.3 is 0 Å². The molecule has 1 aromatic rings. The van der Waals surface area contributed by atoms with E-state index in [1.165, 1.54) is 12.8 Å². The highest BCUT2D eigenvalue weighted by atomic mass is 16.7. The molecule has 0 amide bonds. The minimum absolute atomic E-state index is 0.249. The van der Waals surface area contributed by atoms with E-state index in [-0.39, 0.29) is 6.79 Å². The van der Waals surface area contributed by atoms with Crippen LogP contribution in [0.5, 0.6) is 17.2 Å². The molecule has 1 N–H and O–H groups in total. The Hall–Kier alpha value is -1.42. The summed E-state index contributed by atoms with van der Waals surface area (Å²) in [4.78, 5) is 2.39. The average molecular weight is 249 g/mol. The summed E-state index contributed by atoms with van der Waals surface area (Å²) in [7, 11) is 0. The Morgan fingerprint density at radius 3 is 2.89 bits per heavy atom. The Balaban J connectivity index is 1.76. The van der Waals surface area contributed by atoms with Gasteiger partial charge in [-0.25, -0.2) is 0 Å². The summed E-state index contributed by atoms with van der Waals surface area (Å²) in [6.45, 7) is 5.53. The molecule has 1 saturated heterocycles. The molecule has 0 aliphatic carbocycles. The third-order valence-corrected chi connectivity index (χ3v) is 3.71. The van der Waals surface area contributed by atoms with Crippen molar-refractivity contribution in [2.24, 2.45) is 5.92 Å². The highest BCUT2D eigenvalue weighted by Gasteiger charge is 2.21. The van der Waals surface area contributed by atoms with Crippen molar-refractivity contribution in [3.05, 3.63) is 17.7 Å². The number of benzene rings is 1. The average Bonchev–Trinajstić information content (AvgIpc) is 2.76. The number of likely N-dealkylation sites (tertiary alicyclic amines) is 1. The van der Waals surface area contributed by atoms with Crippen molar-refractivity contribution in [3.63, 3.8) is 0 Å². The molecule has 0 saturated carbocycles. The zero-order valence-electron chi connectivity index (χ0n) is 10.7. The second-order valence-electron chi connectivity index (χ2n) is 5.32. The molecule has 4 heteroatoms. The van der Waals surface area contributed by atoms with Crippen molar-refractivity contribution in [2.75, 3.05) is 19.9 Å². The van der Waals surface area contributed by atoms with Gasteiger partial charge in [-0.2, -0.15) is 0 Å². The summed E-state index contributed by atoms with van der Waals surface area (Å²) in [5.74, 6) is 2.43. The van der Waals surface area contributed by atoms with E-state index >= 15 is 0 Å². The lowest BCUT2D eigenvalue weighted by Gasteiger charge is -2.31. The molecule has 1 atom stereocenters. The Bertz CT molecular complexity index is 447. The van der Waals surface area contributed by atoms with Crippen LogP contribution in [0.2, 0.25) is 0 Å². The van der Waals surface area contributed by atoms with Crippen LogP contribution in [0.3, 0.4) is 0 Å². The van der Waals surface area contributed by atoms with E-state index in [9.17, 15) is 5.11 Å². The number of fused-ring (bicyclic) bond motifs is 1. The molecule has 0 aromatic heterocycles. The molecule has 3 rings (SSSR count). The minimum Gasteiger partial charge on any atom is -0.507 e. The molecule has 0 unspecified atom stereocenters. The predicted octanol–water partition coefficient (Wildman–Crippen LogP) is 2.35. The first kappa shape index (κ1) is 11.7. The van der Waals surface area contributed by atoms with Crippen LogP contribution in [-0.4, -0.2) is 29.9 Å².